The van der Waals surface area contributed by atoms with Crippen LogP contribution in [0.3, 0.4) is 0 Å². The van der Waals surface area contributed by atoms with E-state index in [1.807, 2.05) is 0 Å². The number of hydrogen-bond acceptors (Lipinski definition) is 4. The van der Waals surface area contributed by atoms with E-state index in [0.717, 1.165) is 0 Å². The quantitative estimate of drug-likeness (QED) is 0.841. The summed E-state index contributed by atoms with van der Waals surface area (Å²) in [5, 5.41) is 0. The molecule has 5 nitrogen and oxygen atoms in total. The molecule has 108 valence electrons. The Kier molecular flexibility index (Phi) is 4.58. The lowest BCUT2D eigenvalue weighted by atomic mass is 10.2. The topological polar surface area (TPSA) is 85.1 Å². The van der Waals surface area contributed by atoms with Crippen molar-refractivity contribution in [1.29, 1.82) is 0 Å². The van der Waals surface area contributed by atoms with Gasteiger partial charge in [-0.3, -0.25) is 9.71 Å². The number of rotatable bonds is 3. The summed E-state index contributed by atoms with van der Waals surface area (Å²) in [5.41, 5.74) is 6.98. The van der Waals surface area contributed by atoms with E-state index in [9.17, 15) is 8.42 Å². The summed E-state index contributed by atoms with van der Waals surface area (Å²) in [6.07, 6.45) is 1.61. The lowest BCUT2D eigenvalue weighted by molar-refractivity contribution is 0.601. The molecule has 2 aromatic rings. The number of nitrogens with one attached hydrogen (secondary N) is 1. The van der Waals surface area contributed by atoms with Gasteiger partial charge in [0.05, 0.1) is 22.8 Å². The van der Waals surface area contributed by atoms with Crippen LogP contribution in [0.25, 0.3) is 0 Å². The molecule has 0 atom stereocenters. The third kappa shape index (κ3) is 3.81. The van der Waals surface area contributed by atoms with E-state index in [1.165, 1.54) is 12.1 Å². The minimum atomic E-state index is -3.67. The summed E-state index contributed by atoms with van der Waals surface area (Å²) in [4.78, 5) is 4.20. The Morgan fingerprint density at radius 1 is 1.29 bits per heavy atom. The van der Waals surface area contributed by atoms with Crippen molar-refractivity contribution in [2.75, 3.05) is 11.3 Å². The molecular formula is C15H15N3O2S. The number of nitrogens with two attached hydrogens (primary N) is 1. The third-order valence-electron chi connectivity index (χ3n) is 2.73. The number of aryl methyl sites for hydroxylation is 1. The molecule has 0 aliphatic rings. The Morgan fingerprint density at radius 2 is 2.10 bits per heavy atom. The summed E-state index contributed by atoms with van der Waals surface area (Å²) >= 11 is 0. The van der Waals surface area contributed by atoms with Crippen LogP contribution >= 0.6 is 0 Å². The van der Waals surface area contributed by atoms with E-state index < -0.39 is 10.0 Å². The number of benzene rings is 1. The van der Waals surface area contributed by atoms with Gasteiger partial charge in [-0.1, -0.05) is 17.9 Å². The Morgan fingerprint density at radius 3 is 2.81 bits per heavy atom. The van der Waals surface area contributed by atoms with Gasteiger partial charge >= 0.3 is 0 Å². The minimum absolute atomic E-state index is 0.148. The molecule has 0 spiro atoms. The van der Waals surface area contributed by atoms with Crippen molar-refractivity contribution in [3.63, 3.8) is 0 Å². The zero-order chi connectivity index (χ0) is 15.3. The average Bonchev–Trinajstić information content (AvgIpc) is 2.48. The molecule has 1 aromatic carbocycles. The molecule has 6 heteroatoms. The van der Waals surface area contributed by atoms with Crippen LogP contribution in [0, 0.1) is 18.8 Å². The Bertz CT molecular complexity index is 805. The van der Waals surface area contributed by atoms with Crippen LogP contribution in [0.4, 0.5) is 5.69 Å². The first-order valence-corrected chi connectivity index (χ1v) is 7.75. The number of nitrogens with zero attached hydrogens (tertiary/aromatic N) is 1. The first kappa shape index (κ1) is 15.0. The van der Waals surface area contributed by atoms with Crippen LogP contribution in [-0.4, -0.2) is 19.9 Å². The van der Waals surface area contributed by atoms with Crippen molar-refractivity contribution in [1.82, 2.24) is 4.98 Å². The molecule has 1 heterocycles. The van der Waals surface area contributed by atoms with Crippen molar-refractivity contribution in [3.05, 3.63) is 53.9 Å². The van der Waals surface area contributed by atoms with Crippen molar-refractivity contribution in [3.8, 4) is 11.8 Å². The predicted octanol–water partition coefficient (Wildman–Crippen LogP) is 1.50. The minimum Gasteiger partial charge on any atom is -0.320 e. The van der Waals surface area contributed by atoms with Crippen molar-refractivity contribution >= 4 is 15.7 Å². The second-order valence-corrected chi connectivity index (χ2v) is 5.96. The fraction of sp³-hybridized carbons (Fsp3) is 0.133. The molecule has 2 rings (SSSR count). The zero-order valence-electron chi connectivity index (χ0n) is 11.5. The first-order valence-electron chi connectivity index (χ1n) is 6.26. The van der Waals surface area contributed by atoms with E-state index in [1.54, 1.807) is 37.4 Å². The van der Waals surface area contributed by atoms with Gasteiger partial charge in [-0.15, -0.1) is 0 Å². The second kappa shape index (κ2) is 6.39. The largest absolute Gasteiger partial charge is 0.320 e. The van der Waals surface area contributed by atoms with E-state index in [0.29, 0.717) is 16.9 Å². The van der Waals surface area contributed by atoms with Crippen LogP contribution in [-0.2, 0) is 10.0 Å². The standard InChI is InChI=1S/C15H15N3O2S/c1-12-15(8-4-10-17-12)18-21(19,20)14-7-2-5-13(11-14)6-3-9-16/h2,4-5,7-8,10-11,18H,9,16H2,1H3. The predicted molar refractivity (Wildman–Crippen MR) is 82.2 cm³/mol. The fourth-order valence-electron chi connectivity index (χ4n) is 1.69. The van der Waals surface area contributed by atoms with Gasteiger partial charge in [-0.2, -0.15) is 0 Å². The maximum atomic E-state index is 12.4. The monoisotopic (exact) mass is 301 g/mol. The Hall–Kier alpha value is -2.36. The van der Waals surface area contributed by atoms with Gasteiger partial charge in [0.25, 0.3) is 10.0 Å². The molecule has 0 amide bonds. The maximum Gasteiger partial charge on any atom is 0.261 e. The van der Waals surface area contributed by atoms with Crippen molar-refractivity contribution in [2.24, 2.45) is 5.73 Å². The first-order chi connectivity index (χ1) is 10.0. The number of aromatic nitrogens is 1. The van der Waals surface area contributed by atoms with Crippen molar-refractivity contribution in [2.45, 2.75) is 11.8 Å². The van der Waals surface area contributed by atoms with Gasteiger partial charge in [0, 0.05) is 11.8 Å². The SMILES string of the molecule is Cc1ncccc1NS(=O)(=O)c1cccc(C#CCN)c1. The Balaban J connectivity index is 2.34. The summed E-state index contributed by atoms with van der Waals surface area (Å²) < 4.78 is 27.3. The normalized spacial score (nSPS) is 10.6. The van der Waals surface area contributed by atoms with E-state index in [4.69, 9.17) is 5.73 Å². The highest BCUT2D eigenvalue weighted by Gasteiger charge is 2.15. The molecule has 0 aliphatic heterocycles. The van der Waals surface area contributed by atoms with Crippen LogP contribution in [0.15, 0.2) is 47.5 Å². The van der Waals surface area contributed by atoms with Gasteiger partial charge in [0.2, 0.25) is 0 Å². The third-order valence-corrected chi connectivity index (χ3v) is 4.09. The molecule has 0 bridgehead atoms. The van der Waals surface area contributed by atoms with Gasteiger partial charge in [-0.05, 0) is 37.3 Å². The highest BCUT2D eigenvalue weighted by atomic mass is 32.2. The van der Waals surface area contributed by atoms with Crippen LogP contribution < -0.4 is 10.5 Å². The molecule has 0 radical (unpaired) electrons. The molecule has 0 unspecified atom stereocenters. The van der Waals surface area contributed by atoms with Crippen molar-refractivity contribution < 1.29 is 8.42 Å². The number of pyridine rings is 1. The molecule has 0 aliphatic carbocycles. The molecule has 1 aromatic heterocycles. The van der Waals surface area contributed by atoms with E-state index in [-0.39, 0.29) is 11.4 Å². The van der Waals surface area contributed by atoms with E-state index >= 15 is 0 Å². The van der Waals surface area contributed by atoms with Gasteiger partial charge < -0.3 is 5.73 Å². The lowest BCUT2D eigenvalue weighted by Crippen LogP contribution is -2.14. The summed E-state index contributed by atoms with van der Waals surface area (Å²) in [6.45, 7) is 1.96. The zero-order valence-corrected chi connectivity index (χ0v) is 12.3. The smallest absolute Gasteiger partial charge is 0.261 e. The fourth-order valence-corrected chi connectivity index (χ4v) is 2.85. The average molecular weight is 301 g/mol. The number of hydrogen-bond donors (Lipinski definition) is 2. The van der Waals surface area contributed by atoms with Gasteiger partial charge in [-0.25, -0.2) is 8.42 Å². The van der Waals surface area contributed by atoms with Crippen LogP contribution in [0.5, 0.6) is 0 Å². The summed E-state index contributed by atoms with van der Waals surface area (Å²) in [5.74, 6) is 5.51. The lowest BCUT2D eigenvalue weighted by Gasteiger charge is -2.09. The molecule has 0 saturated carbocycles. The van der Waals surface area contributed by atoms with Gasteiger partial charge in [0.1, 0.15) is 0 Å². The van der Waals surface area contributed by atoms with Crippen LogP contribution in [0.2, 0.25) is 0 Å². The molecular weight excluding hydrogens is 286 g/mol. The summed E-state index contributed by atoms with van der Waals surface area (Å²) in [6, 6.07) is 9.74. The summed E-state index contributed by atoms with van der Waals surface area (Å²) in [7, 11) is -3.67. The van der Waals surface area contributed by atoms with Crippen LogP contribution in [0.1, 0.15) is 11.3 Å². The maximum absolute atomic E-state index is 12.4. The molecule has 0 fully saturated rings. The van der Waals surface area contributed by atoms with Gasteiger partial charge in [0.15, 0.2) is 0 Å². The molecule has 0 saturated heterocycles. The molecule has 3 N–H and O–H groups in total. The second-order valence-electron chi connectivity index (χ2n) is 4.28. The van der Waals surface area contributed by atoms with E-state index in [2.05, 4.69) is 21.5 Å². The number of sulfonamides is 1. The highest BCUT2D eigenvalue weighted by molar-refractivity contribution is 7.92. The molecule has 21 heavy (non-hydrogen) atoms. The number of anilines is 1. The highest BCUT2D eigenvalue weighted by Crippen LogP contribution is 2.18. The Labute approximate surface area is 124 Å².